The van der Waals surface area contributed by atoms with Crippen LogP contribution in [0.2, 0.25) is 0 Å². The quantitative estimate of drug-likeness (QED) is 0.697. The molecule has 1 nitrogen and oxygen atoms in total. The van der Waals surface area contributed by atoms with E-state index in [-0.39, 0.29) is 0 Å². The highest BCUT2D eigenvalue weighted by atomic mass is 16.3. The minimum Gasteiger partial charge on any atom is -0.508 e. The van der Waals surface area contributed by atoms with Crippen molar-refractivity contribution < 1.29 is 5.11 Å². The van der Waals surface area contributed by atoms with E-state index in [0.717, 1.165) is 19.3 Å². The molecule has 69 valence electrons. The minimum atomic E-state index is 0.346. The van der Waals surface area contributed by atoms with Crippen molar-refractivity contribution >= 4 is 0 Å². The summed E-state index contributed by atoms with van der Waals surface area (Å²) in [5.41, 5.74) is 1.17. The van der Waals surface area contributed by atoms with Crippen molar-refractivity contribution in [1.82, 2.24) is 0 Å². The van der Waals surface area contributed by atoms with Crippen LogP contribution in [0, 0.1) is 6.92 Å². The van der Waals surface area contributed by atoms with Crippen molar-refractivity contribution in [3.63, 3.8) is 0 Å². The maximum absolute atomic E-state index is 9.19. The lowest BCUT2D eigenvalue weighted by atomic mass is 10.1. The van der Waals surface area contributed by atoms with Crippen molar-refractivity contribution in [3.8, 4) is 5.75 Å². The number of phenolic OH excluding ortho intramolecular Hbond substituents is 1. The predicted molar refractivity (Wildman–Crippen MR) is 55.5 cm³/mol. The predicted octanol–water partition coefficient (Wildman–Crippen LogP) is 3.11. The van der Waals surface area contributed by atoms with Gasteiger partial charge >= 0.3 is 0 Å². The van der Waals surface area contributed by atoms with E-state index in [4.69, 9.17) is 0 Å². The van der Waals surface area contributed by atoms with Crippen LogP contribution in [0.4, 0.5) is 0 Å². The Morgan fingerprint density at radius 2 is 2.15 bits per heavy atom. The molecule has 0 atom stereocenters. The fourth-order valence-corrected chi connectivity index (χ4v) is 1.20. The van der Waals surface area contributed by atoms with E-state index in [2.05, 4.69) is 19.1 Å². The summed E-state index contributed by atoms with van der Waals surface area (Å²) in [6.45, 7) is 3.72. The molecule has 0 saturated heterocycles. The molecule has 13 heavy (non-hydrogen) atoms. The van der Waals surface area contributed by atoms with E-state index in [0.29, 0.717) is 5.75 Å². The third-order valence-electron chi connectivity index (χ3n) is 1.84. The molecule has 1 N–H and O–H groups in total. The lowest BCUT2D eigenvalue weighted by Crippen LogP contribution is -1.81. The summed E-state index contributed by atoms with van der Waals surface area (Å²) >= 11 is 0. The second kappa shape index (κ2) is 5.41. The first-order valence-electron chi connectivity index (χ1n) is 4.55. The molecular weight excluding hydrogens is 160 g/mol. The number of allylic oxidation sites excluding steroid dienone is 2. The maximum atomic E-state index is 9.19. The molecule has 0 aliphatic carbocycles. The first-order valence-corrected chi connectivity index (χ1v) is 4.55. The summed E-state index contributed by atoms with van der Waals surface area (Å²) < 4.78 is 0. The molecule has 0 heterocycles. The smallest absolute Gasteiger partial charge is 0.115 e. The first-order chi connectivity index (χ1) is 6.33. The number of hydrogen-bond acceptors (Lipinski definition) is 1. The minimum absolute atomic E-state index is 0.346. The highest BCUT2D eigenvalue weighted by molar-refractivity contribution is 5.27. The van der Waals surface area contributed by atoms with Crippen LogP contribution >= 0.6 is 0 Å². The Bertz CT molecular complexity index is 276. The van der Waals surface area contributed by atoms with E-state index in [9.17, 15) is 5.11 Å². The van der Waals surface area contributed by atoms with Crippen LogP contribution in [0.3, 0.4) is 0 Å². The molecule has 0 spiro atoms. The molecule has 0 saturated carbocycles. The summed E-state index contributed by atoms with van der Waals surface area (Å²) in [5, 5.41) is 9.19. The Morgan fingerprint density at radius 1 is 1.31 bits per heavy atom. The van der Waals surface area contributed by atoms with Crippen LogP contribution in [0.5, 0.6) is 5.75 Å². The number of aromatic hydroxyl groups is 1. The molecular formula is C12H15O. The van der Waals surface area contributed by atoms with E-state index < -0.39 is 0 Å². The number of hydrogen-bond donors (Lipinski definition) is 1. The van der Waals surface area contributed by atoms with Gasteiger partial charge in [-0.3, -0.25) is 0 Å². The molecule has 0 aromatic heterocycles. The molecule has 0 fully saturated rings. The molecule has 1 radical (unpaired) electrons. The average molecular weight is 175 g/mol. The molecule has 0 amide bonds. The number of rotatable bonds is 4. The van der Waals surface area contributed by atoms with Crippen LogP contribution in [-0.2, 0) is 6.42 Å². The summed E-state index contributed by atoms with van der Waals surface area (Å²) in [6, 6.07) is 7.39. The number of phenols is 1. The van der Waals surface area contributed by atoms with Gasteiger partial charge in [0, 0.05) is 0 Å². The zero-order chi connectivity index (χ0) is 9.52. The Hall–Kier alpha value is -1.24. The standard InChI is InChI=1S/C12H15O/c1-2-3-4-5-7-11-8-6-9-12(13)10-11/h3-4,6,8-10,13H,1-2,5,7H2/b4-3+. The average Bonchev–Trinajstić information content (AvgIpc) is 2.13. The van der Waals surface area contributed by atoms with Crippen molar-refractivity contribution in [2.45, 2.75) is 19.3 Å². The van der Waals surface area contributed by atoms with Gasteiger partial charge in [-0.25, -0.2) is 0 Å². The maximum Gasteiger partial charge on any atom is 0.115 e. The van der Waals surface area contributed by atoms with E-state index in [1.54, 1.807) is 12.1 Å². The van der Waals surface area contributed by atoms with Gasteiger partial charge in [0.05, 0.1) is 0 Å². The Kier molecular flexibility index (Phi) is 4.10. The van der Waals surface area contributed by atoms with Crippen LogP contribution in [0.25, 0.3) is 0 Å². The normalized spacial score (nSPS) is 10.8. The molecule has 1 aromatic carbocycles. The van der Waals surface area contributed by atoms with E-state index in [1.165, 1.54) is 5.56 Å². The molecule has 0 bridgehead atoms. The molecule has 0 aliphatic rings. The highest BCUT2D eigenvalue weighted by Gasteiger charge is 1.91. The fraction of sp³-hybridized carbons (Fsp3) is 0.250. The third kappa shape index (κ3) is 3.79. The molecule has 1 aromatic rings. The van der Waals surface area contributed by atoms with Gasteiger partial charge in [-0.15, -0.1) is 0 Å². The highest BCUT2D eigenvalue weighted by Crippen LogP contribution is 2.12. The SMILES string of the molecule is [CH2]C/C=C/CCc1cccc(O)c1. The Balaban J connectivity index is 2.41. The lowest BCUT2D eigenvalue weighted by molar-refractivity contribution is 0.474. The number of benzene rings is 1. The summed E-state index contributed by atoms with van der Waals surface area (Å²) in [6.07, 6.45) is 7.02. The topological polar surface area (TPSA) is 20.2 Å². The zero-order valence-corrected chi connectivity index (χ0v) is 7.74. The van der Waals surface area contributed by atoms with Gasteiger partial charge in [-0.05, 0) is 43.9 Å². The summed E-state index contributed by atoms with van der Waals surface area (Å²) in [4.78, 5) is 0. The Morgan fingerprint density at radius 3 is 2.85 bits per heavy atom. The zero-order valence-electron chi connectivity index (χ0n) is 7.74. The van der Waals surface area contributed by atoms with Crippen LogP contribution in [0.15, 0.2) is 36.4 Å². The van der Waals surface area contributed by atoms with Crippen molar-refractivity contribution in [2.75, 3.05) is 0 Å². The molecule has 0 unspecified atom stereocenters. The monoisotopic (exact) mass is 175 g/mol. The van der Waals surface area contributed by atoms with Gasteiger partial charge in [0.2, 0.25) is 0 Å². The van der Waals surface area contributed by atoms with E-state index >= 15 is 0 Å². The molecule has 0 aliphatic heterocycles. The van der Waals surface area contributed by atoms with Gasteiger partial charge in [0.25, 0.3) is 0 Å². The third-order valence-corrected chi connectivity index (χ3v) is 1.84. The lowest BCUT2D eigenvalue weighted by Gasteiger charge is -1.98. The van der Waals surface area contributed by atoms with Crippen molar-refractivity contribution in [1.29, 1.82) is 0 Å². The van der Waals surface area contributed by atoms with Crippen molar-refractivity contribution in [2.24, 2.45) is 0 Å². The van der Waals surface area contributed by atoms with Gasteiger partial charge in [-0.1, -0.05) is 24.3 Å². The van der Waals surface area contributed by atoms with Gasteiger partial charge in [0.1, 0.15) is 5.75 Å². The van der Waals surface area contributed by atoms with Crippen molar-refractivity contribution in [3.05, 3.63) is 48.9 Å². The Labute approximate surface area is 79.7 Å². The molecule has 1 rings (SSSR count). The molecule has 1 heteroatoms. The van der Waals surface area contributed by atoms with Crippen LogP contribution < -0.4 is 0 Å². The first kappa shape index (κ1) is 9.85. The second-order valence-corrected chi connectivity index (χ2v) is 2.97. The van der Waals surface area contributed by atoms with Gasteiger partial charge in [0.15, 0.2) is 0 Å². The largest absolute Gasteiger partial charge is 0.508 e. The fourth-order valence-electron chi connectivity index (χ4n) is 1.20. The van der Waals surface area contributed by atoms with Crippen LogP contribution in [-0.4, -0.2) is 5.11 Å². The number of aryl methyl sites for hydroxylation is 1. The summed E-state index contributed by atoms with van der Waals surface area (Å²) in [5.74, 6) is 0.346. The van der Waals surface area contributed by atoms with E-state index in [1.807, 2.05) is 12.1 Å². The summed E-state index contributed by atoms with van der Waals surface area (Å²) in [7, 11) is 0. The van der Waals surface area contributed by atoms with Gasteiger partial charge in [-0.2, -0.15) is 0 Å². The second-order valence-electron chi connectivity index (χ2n) is 2.97. The van der Waals surface area contributed by atoms with Crippen LogP contribution in [0.1, 0.15) is 18.4 Å². The van der Waals surface area contributed by atoms with Gasteiger partial charge < -0.3 is 5.11 Å².